The summed E-state index contributed by atoms with van der Waals surface area (Å²) in [6.07, 6.45) is 3.31. The number of hydrogen-bond acceptors (Lipinski definition) is 3. The van der Waals surface area contributed by atoms with Gasteiger partial charge in [-0.05, 0) is 0 Å². The standard InChI is InChI=1S/C6H7N3O3/c10-4-7-5-1-8-9(2-5)3-6(11)12/h1-2,4H,3H2,(H,7,10)(H,11,12). The van der Waals surface area contributed by atoms with Gasteiger partial charge in [-0.2, -0.15) is 5.10 Å². The summed E-state index contributed by atoms with van der Waals surface area (Å²) >= 11 is 0. The molecule has 0 saturated heterocycles. The Morgan fingerprint density at radius 2 is 2.58 bits per heavy atom. The zero-order chi connectivity index (χ0) is 8.97. The molecule has 0 atom stereocenters. The summed E-state index contributed by atoms with van der Waals surface area (Å²) in [5, 5.41) is 14.4. The number of amides is 1. The second-order valence-corrected chi connectivity index (χ2v) is 2.08. The summed E-state index contributed by atoms with van der Waals surface area (Å²) < 4.78 is 1.22. The molecule has 0 saturated carbocycles. The van der Waals surface area contributed by atoms with Gasteiger partial charge in [0.2, 0.25) is 6.41 Å². The molecule has 0 spiro atoms. The van der Waals surface area contributed by atoms with Crippen LogP contribution in [-0.4, -0.2) is 27.3 Å². The fraction of sp³-hybridized carbons (Fsp3) is 0.167. The number of anilines is 1. The van der Waals surface area contributed by atoms with E-state index in [0.717, 1.165) is 0 Å². The van der Waals surface area contributed by atoms with Gasteiger partial charge in [-0.1, -0.05) is 0 Å². The number of rotatable bonds is 4. The lowest BCUT2D eigenvalue weighted by atomic mass is 10.6. The minimum atomic E-state index is -0.976. The Kier molecular flexibility index (Phi) is 2.42. The number of hydrogen-bond donors (Lipinski definition) is 2. The van der Waals surface area contributed by atoms with Crippen LogP contribution in [0.15, 0.2) is 12.4 Å². The first kappa shape index (κ1) is 8.25. The molecule has 0 aromatic carbocycles. The highest BCUT2D eigenvalue weighted by Crippen LogP contribution is 2.02. The molecule has 0 unspecified atom stereocenters. The number of carbonyl (C=O) groups excluding carboxylic acids is 1. The maximum Gasteiger partial charge on any atom is 0.325 e. The van der Waals surface area contributed by atoms with E-state index < -0.39 is 5.97 Å². The van der Waals surface area contributed by atoms with Crippen LogP contribution in [0.2, 0.25) is 0 Å². The van der Waals surface area contributed by atoms with Gasteiger partial charge in [0.05, 0.1) is 11.9 Å². The summed E-state index contributed by atoms with van der Waals surface area (Å²) in [7, 11) is 0. The Morgan fingerprint density at radius 1 is 1.83 bits per heavy atom. The van der Waals surface area contributed by atoms with Crippen LogP contribution in [0.5, 0.6) is 0 Å². The third-order valence-corrected chi connectivity index (χ3v) is 1.16. The van der Waals surface area contributed by atoms with Gasteiger partial charge in [-0.3, -0.25) is 14.3 Å². The average molecular weight is 169 g/mol. The number of aromatic nitrogens is 2. The average Bonchev–Trinajstić information content (AvgIpc) is 2.36. The quantitative estimate of drug-likeness (QED) is 0.597. The molecule has 0 aliphatic rings. The van der Waals surface area contributed by atoms with Gasteiger partial charge in [-0.15, -0.1) is 0 Å². The molecule has 0 radical (unpaired) electrons. The van der Waals surface area contributed by atoms with Crippen LogP contribution < -0.4 is 5.32 Å². The Balaban J connectivity index is 2.63. The lowest BCUT2D eigenvalue weighted by molar-refractivity contribution is -0.137. The third kappa shape index (κ3) is 2.08. The van der Waals surface area contributed by atoms with Crippen molar-refractivity contribution in [2.75, 3.05) is 5.32 Å². The highest BCUT2D eigenvalue weighted by molar-refractivity contribution is 5.70. The van der Waals surface area contributed by atoms with Crippen LogP contribution in [0.1, 0.15) is 0 Å². The van der Waals surface area contributed by atoms with Crippen LogP contribution >= 0.6 is 0 Å². The van der Waals surface area contributed by atoms with Crippen molar-refractivity contribution in [2.24, 2.45) is 0 Å². The van der Waals surface area contributed by atoms with E-state index in [4.69, 9.17) is 5.11 Å². The minimum absolute atomic E-state index is 0.208. The van der Waals surface area contributed by atoms with Crippen molar-refractivity contribution in [1.82, 2.24) is 9.78 Å². The maximum atomic E-state index is 10.2. The van der Waals surface area contributed by atoms with Crippen molar-refractivity contribution in [3.8, 4) is 0 Å². The predicted molar refractivity (Wildman–Crippen MR) is 39.5 cm³/mol. The molecule has 6 heteroatoms. The molecule has 2 N–H and O–H groups in total. The molecular formula is C6H7N3O3. The van der Waals surface area contributed by atoms with Crippen molar-refractivity contribution in [3.63, 3.8) is 0 Å². The Hall–Kier alpha value is -1.85. The van der Waals surface area contributed by atoms with E-state index in [9.17, 15) is 9.59 Å². The van der Waals surface area contributed by atoms with Crippen LogP contribution in [0.4, 0.5) is 5.69 Å². The smallest absolute Gasteiger partial charge is 0.325 e. The lowest BCUT2D eigenvalue weighted by Gasteiger charge is -1.92. The van der Waals surface area contributed by atoms with Crippen LogP contribution in [0.25, 0.3) is 0 Å². The van der Waals surface area contributed by atoms with E-state index in [2.05, 4.69) is 10.4 Å². The van der Waals surface area contributed by atoms with Crippen LogP contribution in [-0.2, 0) is 16.1 Å². The largest absolute Gasteiger partial charge is 0.480 e. The van der Waals surface area contributed by atoms with E-state index in [1.165, 1.54) is 17.1 Å². The summed E-state index contributed by atoms with van der Waals surface area (Å²) in [6, 6.07) is 0. The summed E-state index contributed by atoms with van der Waals surface area (Å²) in [5.41, 5.74) is 0.478. The van der Waals surface area contributed by atoms with Crippen molar-refractivity contribution >= 4 is 18.1 Å². The SMILES string of the molecule is O=CNc1cnn(CC(=O)O)c1. The molecular weight excluding hydrogens is 162 g/mol. The van der Waals surface area contributed by atoms with Gasteiger partial charge >= 0.3 is 5.97 Å². The summed E-state index contributed by atoms with van der Waals surface area (Å²) in [6.45, 7) is -0.208. The maximum absolute atomic E-state index is 10.2. The fourth-order valence-corrected chi connectivity index (χ4v) is 0.731. The molecule has 1 rings (SSSR count). The molecule has 64 valence electrons. The predicted octanol–water partition coefficient (Wildman–Crippen LogP) is -0.464. The highest BCUT2D eigenvalue weighted by atomic mass is 16.4. The molecule has 0 aliphatic heterocycles. The second kappa shape index (κ2) is 3.51. The van der Waals surface area contributed by atoms with E-state index in [0.29, 0.717) is 12.1 Å². The number of nitrogens with one attached hydrogen (secondary N) is 1. The third-order valence-electron chi connectivity index (χ3n) is 1.16. The normalized spacial score (nSPS) is 9.33. The van der Waals surface area contributed by atoms with Crippen LogP contribution in [0.3, 0.4) is 0 Å². The van der Waals surface area contributed by atoms with E-state index in [-0.39, 0.29) is 6.54 Å². The van der Waals surface area contributed by atoms with Crippen molar-refractivity contribution in [2.45, 2.75) is 6.54 Å². The fourth-order valence-electron chi connectivity index (χ4n) is 0.731. The molecule has 0 bridgehead atoms. The van der Waals surface area contributed by atoms with Gasteiger partial charge in [0.25, 0.3) is 0 Å². The highest BCUT2D eigenvalue weighted by Gasteiger charge is 2.00. The number of aliphatic carboxylic acids is 1. The summed E-state index contributed by atoms with van der Waals surface area (Å²) in [5.74, 6) is -0.976. The van der Waals surface area contributed by atoms with Crippen molar-refractivity contribution in [3.05, 3.63) is 12.4 Å². The van der Waals surface area contributed by atoms with E-state index in [1.807, 2.05) is 0 Å². The molecule has 1 aromatic rings. The lowest BCUT2D eigenvalue weighted by Crippen LogP contribution is -2.08. The number of nitrogens with zero attached hydrogens (tertiary/aromatic N) is 2. The van der Waals surface area contributed by atoms with Crippen molar-refractivity contribution < 1.29 is 14.7 Å². The topological polar surface area (TPSA) is 84.2 Å². The first-order chi connectivity index (χ1) is 5.72. The number of carboxylic acids is 1. The zero-order valence-corrected chi connectivity index (χ0v) is 6.10. The monoisotopic (exact) mass is 169 g/mol. The van der Waals surface area contributed by atoms with Crippen molar-refractivity contribution in [1.29, 1.82) is 0 Å². The van der Waals surface area contributed by atoms with Gasteiger partial charge in [-0.25, -0.2) is 0 Å². The molecule has 0 fully saturated rings. The molecule has 1 aromatic heterocycles. The molecule has 12 heavy (non-hydrogen) atoms. The zero-order valence-electron chi connectivity index (χ0n) is 6.10. The number of carboxylic acid groups (broad SMARTS) is 1. The molecule has 6 nitrogen and oxygen atoms in total. The molecule has 1 amide bonds. The molecule has 0 aliphatic carbocycles. The van der Waals surface area contributed by atoms with Gasteiger partial charge < -0.3 is 10.4 Å². The second-order valence-electron chi connectivity index (χ2n) is 2.08. The molecule has 1 heterocycles. The minimum Gasteiger partial charge on any atom is -0.480 e. The van der Waals surface area contributed by atoms with Gasteiger partial charge in [0.1, 0.15) is 6.54 Å². The first-order valence-electron chi connectivity index (χ1n) is 3.17. The van der Waals surface area contributed by atoms with Crippen LogP contribution in [0, 0.1) is 0 Å². The van der Waals surface area contributed by atoms with E-state index in [1.54, 1.807) is 0 Å². The van der Waals surface area contributed by atoms with E-state index >= 15 is 0 Å². The Bertz CT molecular complexity index is 294. The first-order valence-corrected chi connectivity index (χ1v) is 3.17. The summed E-state index contributed by atoms with van der Waals surface area (Å²) in [4.78, 5) is 20.1. The van der Waals surface area contributed by atoms with Gasteiger partial charge in [0.15, 0.2) is 0 Å². The Labute approximate surface area is 67.8 Å². The van der Waals surface area contributed by atoms with Gasteiger partial charge in [0, 0.05) is 6.20 Å². The number of carbonyl (C=O) groups is 2. The Morgan fingerprint density at radius 3 is 3.17 bits per heavy atom.